The summed E-state index contributed by atoms with van der Waals surface area (Å²) in [5, 5.41) is 15.6. The van der Waals surface area contributed by atoms with E-state index in [0.717, 1.165) is 37.6 Å². The summed E-state index contributed by atoms with van der Waals surface area (Å²) in [6, 6.07) is 5.67. The Hall–Kier alpha value is -2.69. The predicted octanol–water partition coefficient (Wildman–Crippen LogP) is 2.64. The topological polar surface area (TPSA) is 107 Å². The summed E-state index contributed by atoms with van der Waals surface area (Å²) in [4.78, 5) is 30.6. The lowest BCUT2D eigenvalue weighted by Gasteiger charge is -2.35. The Bertz CT molecular complexity index is 964. The number of aliphatic hydroxyl groups is 1. The number of piperazine rings is 1. The molecule has 1 aliphatic rings. The summed E-state index contributed by atoms with van der Waals surface area (Å²) in [7, 11) is 0. The molecule has 3 N–H and O–H groups in total. The van der Waals surface area contributed by atoms with Gasteiger partial charge in [-0.25, -0.2) is 15.0 Å². The van der Waals surface area contributed by atoms with E-state index in [1.54, 1.807) is 6.20 Å². The number of nitrogens with zero attached hydrogens (tertiary/aromatic N) is 5. The number of aryl methyl sites for hydroxylation is 2. The average molecular weight is 472 g/mol. The van der Waals surface area contributed by atoms with Crippen LogP contribution >= 0.6 is 11.8 Å². The Labute approximate surface area is 199 Å². The summed E-state index contributed by atoms with van der Waals surface area (Å²) < 4.78 is 0. The standard InChI is InChI=1S/C23H33N7O2S/c1-5-19(23(32)28-22-16(2)7-6-8-24-22)33-18(4)27-20-15-21(26-17(3)25-20)30-11-9-29(10-12-30)13-14-31/h6-8,15,19,31H,4-5,9-14H2,1-3H3,(H,24,28,32)(H,25,26,27). The molecule has 33 heavy (non-hydrogen) atoms. The predicted molar refractivity (Wildman–Crippen MR) is 135 cm³/mol. The molecule has 1 atom stereocenters. The number of aliphatic hydroxyl groups excluding tert-OH is 1. The Morgan fingerprint density at radius 1 is 1.24 bits per heavy atom. The molecule has 10 heteroatoms. The summed E-state index contributed by atoms with van der Waals surface area (Å²) in [5.74, 6) is 2.66. The lowest BCUT2D eigenvalue weighted by atomic mass is 10.2. The van der Waals surface area contributed by atoms with E-state index >= 15 is 0 Å². The van der Waals surface area contributed by atoms with Gasteiger partial charge >= 0.3 is 0 Å². The van der Waals surface area contributed by atoms with Gasteiger partial charge in [0.2, 0.25) is 5.91 Å². The zero-order valence-corrected chi connectivity index (χ0v) is 20.4. The van der Waals surface area contributed by atoms with E-state index in [-0.39, 0.29) is 17.8 Å². The maximum absolute atomic E-state index is 12.8. The van der Waals surface area contributed by atoms with E-state index in [1.807, 2.05) is 39.0 Å². The fraction of sp³-hybridized carbons (Fsp3) is 0.478. The molecule has 1 aliphatic heterocycles. The van der Waals surface area contributed by atoms with Crippen LogP contribution in [0.25, 0.3) is 0 Å². The smallest absolute Gasteiger partial charge is 0.239 e. The highest BCUT2D eigenvalue weighted by atomic mass is 32.2. The molecule has 1 saturated heterocycles. The van der Waals surface area contributed by atoms with Crippen molar-refractivity contribution in [3.63, 3.8) is 0 Å². The molecule has 0 radical (unpaired) electrons. The molecule has 1 amide bonds. The maximum atomic E-state index is 12.8. The zero-order valence-electron chi connectivity index (χ0n) is 19.5. The largest absolute Gasteiger partial charge is 0.395 e. The van der Waals surface area contributed by atoms with Gasteiger partial charge in [0, 0.05) is 45.0 Å². The first-order valence-electron chi connectivity index (χ1n) is 11.2. The van der Waals surface area contributed by atoms with Crippen LogP contribution in [0.1, 0.15) is 24.7 Å². The van der Waals surface area contributed by atoms with Crippen molar-refractivity contribution in [3.05, 3.63) is 47.4 Å². The van der Waals surface area contributed by atoms with Crippen LogP contribution in [0.5, 0.6) is 0 Å². The van der Waals surface area contributed by atoms with Crippen molar-refractivity contribution in [2.45, 2.75) is 32.4 Å². The molecule has 3 rings (SSSR count). The minimum Gasteiger partial charge on any atom is -0.395 e. The molecule has 2 aromatic rings. The number of thioether (sulfide) groups is 1. The second-order valence-electron chi connectivity index (χ2n) is 7.93. The van der Waals surface area contributed by atoms with Crippen LogP contribution in [-0.2, 0) is 4.79 Å². The average Bonchev–Trinajstić information content (AvgIpc) is 2.79. The zero-order chi connectivity index (χ0) is 23.8. The van der Waals surface area contributed by atoms with Crippen molar-refractivity contribution < 1.29 is 9.90 Å². The van der Waals surface area contributed by atoms with Crippen LogP contribution < -0.4 is 15.5 Å². The highest BCUT2D eigenvalue weighted by Crippen LogP contribution is 2.27. The van der Waals surface area contributed by atoms with Crippen molar-refractivity contribution in [2.24, 2.45) is 0 Å². The number of hydrogen-bond donors (Lipinski definition) is 3. The second-order valence-corrected chi connectivity index (χ2v) is 9.23. The van der Waals surface area contributed by atoms with Gasteiger partial charge in [-0.1, -0.05) is 31.3 Å². The Morgan fingerprint density at radius 3 is 2.67 bits per heavy atom. The van der Waals surface area contributed by atoms with Crippen molar-refractivity contribution in [1.29, 1.82) is 0 Å². The van der Waals surface area contributed by atoms with Crippen molar-refractivity contribution in [1.82, 2.24) is 19.9 Å². The summed E-state index contributed by atoms with van der Waals surface area (Å²) >= 11 is 1.38. The molecule has 0 bridgehead atoms. The van der Waals surface area contributed by atoms with Crippen LogP contribution in [-0.4, -0.2) is 75.4 Å². The molecular weight excluding hydrogens is 438 g/mol. The monoisotopic (exact) mass is 471 g/mol. The molecule has 1 unspecified atom stereocenters. The number of amides is 1. The minimum atomic E-state index is -0.312. The first-order chi connectivity index (χ1) is 15.9. The molecule has 1 fully saturated rings. The fourth-order valence-corrected chi connectivity index (χ4v) is 4.44. The Kier molecular flexibility index (Phi) is 9.04. The molecule has 0 aliphatic carbocycles. The minimum absolute atomic E-state index is 0.104. The number of pyridine rings is 1. The highest BCUT2D eigenvalue weighted by molar-refractivity contribution is 8.04. The van der Waals surface area contributed by atoms with Gasteiger partial charge in [0.25, 0.3) is 0 Å². The van der Waals surface area contributed by atoms with Gasteiger partial charge in [-0.3, -0.25) is 9.69 Å². The van der Waals surface area contributed by atoms with E-state index in [4.69, 9.17) is 5.11 Å². The van der Waals surface area contributed by atoms with Crippen LogP contribution in [0.3, 0.4) is 0 Å². The van der Waals surface area contributed by atoms with Crippen LogP contribution in [0.2, 0.25) is 0 Å². The number of aromatic nitrogens is 3. The number of anilines is 3. The Morgan fingerprint density at radius 2 is 2.00 bits per heavy atom. The summed E-state index contributed by atoms with van der Waals surface area (Å²) in [6.45, 7) is 14.2. The Balaban J connectivity index is 1.60. The third-order valence-corrected chi connectivity index (χ3v) is 6.62. The lowest BCUT2D eigenvalue weighted by molar-refractivity contribution is -0.115. The van der Waals surface area contributed by atoms with E-state index in [1.165, 1.54) is 11.8 Å². The van der Waals surface area contributed by atoms with Crippen LogP contribution in [0.4, 0.5) is 17.5 Å². The van der Waals surface area contributed by atoms with Gasteiger partial charge in [0.05, 0.1) is 16.9 Å². The van der Waals surface area contributed by atoms with E-state index < -0.39 is 0 Å². The van der Waals surface area contributed by atoms with Gasteiger partial charge in [-0.05, 0) is 31.9 Å². The maximum Gasteiger partial charge on any atom is 0.239 e. The number of β-amino-alcohol motifs (C(OH)–C–C–N with tert-alkyl or cyclic N) is 1. The van der Waals surface area contributed by atoms with Gasteiger partial charge in [-0.2, -0.15) is 0 Å². The van der Waals surface area contributed by atoms with E-state index in [9.17, 15) is 4.79 Å². The van der Waals surface area contributed by atoms with Crippen molar-refractivity contribution in [2.75, 3.05) is 54.9 Å². The molecule has 2 aromatic heterocycles. The number of carbonyl (C=O) groups is 1. The molecule has 9 nitrogen and oxygen atoms in total. The molecule has 3 heterocycles. The normalized spacial score (nSPS) is 15.2. The number of carbonyl (C=O) groups excluding carboxylic acids is 1. The van der Waals surface area contributed by atoms with Gasteiger partial charge < -0.3 is 20.6 Å². The molecule has 178 valence electrons. The van der Waals surface area contributed by atoms with Crippen molar-refractivity contribution in [3.8, 4) is 0 Å². The van der Waals surface area contributed by atoms with E-state index in [2.05, 4.69) is 42.0 Å². The van der Waals surface area contributed by atoms with Crippen LogP contribution in [0.15, 0.2) is 36.0 Å². The quantitative estimate of drug-likeness (QED) is 0.482. The number of hydrogen-bond acceptors (Lipinski definition) is 9. The molecule has 0 aromatic carbocycles. The summed E-state index contributed by atoms with van der Waals surface area (Å²) in [5.41, 5.74) is 0.920. The van der Waals surface area contributed by atoms with Gasteiger partial charge in [0.1, 0.15) is 23.3 Å². The molecule has 0 spiro atoms. The van der Waals surface area contributed by atoms with Gasteiger partial charge in [-0.15, -0.1) is 0 Å². The lowest BCUT2D eigenvalue weighted by Crippen LogP contribution is -2.47. The molecular formula is C23H33N7O2S. The summed E-state index contributed by atoms with van der Waals surface area (Å²) in [6.07, 6.45) is 2.31. The van der Waals surface area contributed by atoms with Gasteiger partial charge in [0.15, 0.2) is 0 Å². The molecule has 0 saturated carbocycles. The highest BCUT2D eigenvalue weighted by Gasteiger charge is 2.21. The van der Waals surface area contributed by atoms with Crippen molar-refractivity contribution >= 4 is 35.1 Å². The first kappa shape index (κ1) is 24.9. The van der Waals surface area contributed by atoms with E-state index in [0.29, 0.717) is 35.5 Å². The first-order valence-corrected chi connectivity index (χ1v) is 12.1. The fourth-order valence-electron chi connectivity index (χ4n) is 3.60. The SMILES string of the molecule is C=C(Nc1cc(N2CCN(CCO)CC2)nc(C)n1)SC(CC)C(=O)Nc1ncccc1C. The second kappa shape index (κ2) is 12.0. The number of rotatable bonds is 10. The number of nitrogens with one attached hydrogen (secondary N) is 2. The third kappa shape index (κ3) is 7.15. The van der Waals surface area contributed by atoms with Crippen LogP contribution in [0, 0.1) is 13.8 Å². The third-order valence-electron chi connectivity index (χ3n) is 5.40.